The molecule has 0 amide bonds. The summed E-state index contributed by atoms with van der Waals surface area (Å²) in [5.74, 6) is 0. The van der Waals surface area contributed by atoms with Crippen molar-refractivity contribution in [3.63, 3.8) is 0 Å². The number of fused-ring (bicyclic) bond motifs is 1. The number of nitrogens with one attached hydrogen (secondary N) is 1. The number of likely N-dealkylation sites (N-methyl/N-ethyl adjacent to an activating group) is 1. The highest BCUT2D eigenvalue weighted by molar-refractivity contribution is 6.31. The molecule has 1 fully saturated rings. The predicted molar refractivity (Wildman–Crippen MR) is 117 cm³/mol. The minimum absolute atomic E-state index is 0.434. The Morgan fingerprint density at radius 2 is 2.04 bits per heavy atom. The number of halogens is 1. The van der Waals surface area contributed by atoms with Crippen LogP contribution in [0.15, 0.2) is 30.5 Å². The normalized spacial score (nSPS) is 16.3. The Bertz CT molecular complexity index is 715. The second-order valence-corrected chi connectivity index (χ2v) is 8.13. The van der Waals surface area contributed by atoms with Crippen molar-refractivity contribution in [2.24, 2.45) is 0 Å². The molecule has 4 nitrogen and oxygen atoms in total. The van der Waals surface area contributed by atoms with E-state index in [-0.39, 0.29) is 0 Å². The maximum Gasteiger partial charge on any atom is 0.0737 e. The summed E-state index contributed by atoms with van der Waals surface area (Å²) in [5.41, 5.74) is 2.09. The van der Waals surface area contributed by atoms with Crippen molar-refractivity contribution in [1.29, 1.82) is 0 Å². The molecule has 0 saturated carbocycles. The van der Waals surface area contributed by atoms with Crippen molar-refractivity contribution in [3.05, 3.63) is 35.5 Å². The number of nitrogens with zero attached hydrogens (tertiary/aromatic N) is 3. The lowest BCUT2D eigenvalue weighted by molar-refractivity contribution is 0.229. The van der Waals surface area contributed by atoms with Crippen molar-refractivity contribution in [3.8, 4) is 0 Å². The molecule has 148 valence electrons. The Morgan fingerprint density at radius 3 is 2.81 bits per heavy atom. The average molecular weight is 389 g/mol. The second-order valence-electron chi connectivity index (χ2n) is 7.69. The highest BCUT2D eigenvalue weighted by atomic mass is 35.5. The molecule has 2 heterocycles. The highest BCUT2D eigenvalue weighted by Crippen LogP contribution is 2.25. The third kappa shape index (κ3) is 6.06. The van der Waals surface area contributed by atoms with Crippen molar-refractivity contribution in [2.45, 2.75) is 45.6 Å². The summed E-state index contributed by atoms with van der Waals surface area (Å²) in [6, 6.07) is 8.40. The van der Waals surface area contributed by atoms with Crippen LogP contribution in [0.1, 0.15) is 39.5 Å². The first kappa shape index (κ1) is 20.4. The molecular weight excluding hydrogens is 356 g/mol. The van der Waals surface area contributed by atoms with Crippen LogP contribution >= 0.6 is 11.6 Å². The Morgan fingerprint density at radius 1 is 1.22 bits per heavy atom. The minimum atomic E-state index is 0.434. The van der Waals surface area contributed by atoms with Gasteiger partial charge < -0.3 is 15.1 Å². The molecule has 1 aromatic carbocycles. The van der Waals surface area contributed by atoms with E-state index in [4.69, 9.17) is 11.6 Å². The average Bonchev–Trinajstić information content (AvgIpc) is 3.18. The standard InChI is InChI=1S/C22H33ClN4/c1-3-26(15-16-27-12-4-5-13-27)14-6-7-18(2)25-21-10-11-24-22-17-19(23)8-9-20(21)22/h8-11,17-18H,3-7,12-16H2,1-2H3,(H,24,25). The summed E-state index contributed by atoms with van der Waals surface area (Å²) in [7, 11) is 0. The van der Waals surface area contributed by atoms with Crippen LogP contribution < -0.4 is 5.32 Å². The SMILES string of the molecule is CCN(CCCC(C)Nc1ccnc2cc(Cl)ccc12)CCN1CCCC1. The monoisotopic (exact) mass is 388 g/mol. The van der Waals surface area contributed by atoms with Crippen molar-refractivity contribution >= 4 is 28.2 Å². The van der Waals surface area contributed by atoms with E-state index < -0.39 is 0 Å². The van der Waals surface area contributed by atoms with Gasteiger partial charge in [0.2, 0.25) is 0 Å². The van der Waals surface area contributed by atoms with Crippen molar-refractivity contribution < 1.29 is 0 Å². The van der Waals surface area contributed by atoms with Gasteiger partial charge in [-0.05, 0) is 83.1 Å². The molecule has 5 heteroatoms. The van der Waals surface area contributed by atoms with Gasteiger partial charge in [-0.25, -0.2) is 0 Å². The number of rotatable bonds is 10. The molecule has 1 N–H and O–H groups in total. The van der Waals surface area contributed by atoms with E-state index in [1.807, 2.05) is 18.3 Å². The van der Waals surface area contributed by atoms with Crippen molar-refractivity contribution in [1.82, 2.24) is 14.8 Å². The summed E-state index contributed by atoms with van der Waals surface area (Å²) < 4.78 is 0. The van der Waals surface area contributed by atoms with Crippen LogP contribution in [0.3, 0.4) is 0 Å². The van der Waals surface area contributed by atoms with E-state index in [1.165, 1.54) is 52.0 Å². The lowest BCUT2D eigenvalue weighted by atomic mass is 10.1. The van der Waals surface area contributed by atoms with Crippen LogP contribution in [0.5, 0.6) is 0 Å². The highest BCUT2D eigenvalue weighted by Gasteiger charge is 2.13. The zero-order valence-corrected chi connectivity index (χ0v) is 17.5. The summed E-state index contributed by atoms with van der Waals surface area (Å²) in [5, 5.41) is 5.53. The van der Waals surface area contributed by atoms with Gasteiger partial charge >= 0.3 is 0 Å². The third-order valence-electron chi connectivity index (χ3n) is 5.60. The molecule has 0 aliphatic carbocycles. The van der Waals surface area contributed by atoms with Gasteiger partial charge in [-0.15, -0.1) is 0 Å². The third-order valence-corrected chi connectivity index (χ3v) is 5.83. The molecule has 27 heavy (non-hydrogen) atoms. The van der Waals surface area contributed by atoms with Gasteiger partial charge in [-0.2, -0.15) is 0 Å². The fraction of sp³-hybridized carbons (Fsp3) is 0.591. The van der Waals surface area contributed by atoms with Gasteiger partial charge in [0.15, 0.2) is 0 Å². The van der Waals surface area contributed by atoms with Crippen LogP contribution in [0.25, 0.3) is 10.9 Å². The van der Waals surface area contributed by atoms with Gasteiger partial charge in [0.1, 0.15) is 0 Å². The quantitative estimate of drug-likeness (QED) is 0.628. The first-order valence-corrected chi connectivity index (χ1v) is 10.8. The van der Waals surface area contributed by atoms with Crippen LogP contribution in [-0.2, 0) is 0 Å². The number of aromatic nitrogens is 1. The number of likely N-dealkylation sites (tertiary alicyclic amines) is 1. The molecule has 1 unspecified atom stereocenters. The number of hydrogen-bond acceptors (Lipinski definition) is 4. The molecule has 0 bridgehead atoms. The smallest absolute Gasteiger partial charge is 0.0737 e. The Balaban J connectivity index is 1.44. The molecule has 1 aliphatic rings. The fourth-order valence-corrected chi connectivity index (χ4v) is 4.09. The molecule has 2 aromatic rings. The zero-order chi connectivity index (χ0) is 19.1. The molecule has 1 aromatic heterocycles. The minimum Gasteiger partial charge on any atom is -0.382 e. The van der Waals surface area contributed by atoms with E-state index in [0.29, 0.717) is 6.04 Å². The summed E-state index contributed by atoms with van der Waals surface area (Å²) in [6.45, 7) is 11.9. The lowest BCUT2D eigenvalue weighted by Crippen LogP contribution is -2.34. The number of hydrogen-bond donors (Lipinski definition) is 1. The second kappa shape index (κ2) is 10.3. The zero-order valence-electron chi connectivity index (χ0n) is 16.8. The van der Waals surface area contributed by atoms with Crippen LogP contribution in [-0.4, -0.2) is 60.1 Å². The molecular formula is C22H33ClN4. The van der Waals surface area contributed by atoms with Gasteiger partial charge in [0.05, 0.1) is 5.52 Å². The van der Waals surface area contributed by atoms with Gasteiger partial charge in [-0.1, -0.05) is 18.5 Å². The maximum atomic E-state index is 6.09. The topological polar surface area (TPSA) is 31.4 Å². The summed E-state index contributed by atoms with van der Waals surface area (Å²) in [6.07, 6.45) is 7.00. The number of anilines is 1. The molecule has 1 aliphatic heterocycles. The van der Waals surface area contributed by atoms with E-state index in [2.05, 4.69) is 46.1 Å². The van der Waals surface area contributed by atoms with Gasteiger partial charge in [-0.3, -0.25) is 4.98 Å². The fourth-order valence-electron chi connectivity index (χ4n) is 3.92. The Hall–Kier alpha value is -1.36. The predicted octanol–water partition coefficient (Wildman–Crippen LogP) is 4.89. The van der Waals surface area contributed by atoms with E-state index in [0.717, 1.165) is 34.6 Å². The molecule has 3 rings (SSSR count). The number of pyridine rings is 1. The molecule has 0 spiro atoms. The Labute approximate surface area is 168 Å². The largest absolute Gasteiger partial charge is 0.382 e. The first-order valence-electron chi connectivity index (χ1n) is 10.4. The summed E-state index contributed by atoms with van der Waals surface area (Å²) in [4.78, 5) is 9.62. The summed E-state index contributed by atoms with van der Waals surface area (Å²) >= 11 is 6.09. The Kier molecular flexibility index (Phi) is 7.74. The van der Waals surface area contributed by atoms with Gasteiger partial charge in [0, 0.05) is 41.4 Å². The van der Waals surface area contributed by atoms with E-state index in [1.54, 1.807) is 0 Å². The van der Waals surface area contributed by atoms with Crippen molar-refractivity contribution in [2.75, 3.05) is 44.6 Å². The van der Waals surface area contributed by atoms with Crippen LogP contribution in [0.4, 0.5) is 5.69 Å². The first-order chi connectivity index (χ1) is 13.2. The number of benzene rings is 1. The van der Waals surface area contributed by atoms with Crippen LogP contribution in [0, 0.1) is 0 Å². The van der Waals surface area contributed by atoms with E-state index >= 15 is 0 Å². The van der Waals surface area contributed by atoms with E-state index in [9.17, 15) is 0 Å². The maximum absolute atomic E-state index is 6.09. The molecule has 0 radical (unpaired) electrons. The van der Waals surface area contributed by atoms with Crippen LogP contribution in [0.2, 0.25) is 5.02 Å². The molecule has 1 atom stereocenters. The van der Waals surface area contributed by atoms with Gasteiger partial charge in [0.25, 0.3) is 0 Å². The lowest BCUT2D eigenvalue weighted by Gasteiger charge is -2.24. The molecule has 1 saturated heterocycles.